The van der Waals surface area contributed by atoms with Crippen molar-refractivity contribution in [1.82, 2.24) is 9.88 Å². The molecular formula is C27H26N2O4. The first-order valence-electron chi connectivity index (χ1n) is 10.9. The number of pyridine rings is 1. The van der Waals surface area contributed by atoms with E-state index in [4.69, 9.17) is 4.74 Å². The standard InChI is InChI=1S/C27H26N2O4/c1-17(2)33-22-12-10-21(11-13-22)25(30)23-24(20-8-6-18(3)7-9-20)29(27(32)26(23)31)16-19-5-4-14-28-15-19/h4-15,17,24,30H,16H2,1-3H3/b25-23+/t24-/m0/s1. The topological polar surface area (TPSA) is 79.7 Å². The minimum Gasteiger partial charge on any atom is -0.507 e. The first-order chi connectivity index (χ1) is 15.8. The highest BCUT2D eigenvalue weighted by molar-refractivity contribution is 6.46. The number of hydrogen-bond acceptors (Lipinski definition) is 5. The number of aliphatic hydroxyl groups excluding tert-OH is 1. The van der Waals surface area contributed by atoms with Crippen LogP contribution in [0.4, 0.5) is 0 Å². The van der Waals surface area contributed by atoms with Crippen LogP contribution in [0.15, 0.2) is 78.6 Å². The van der Waals surface area contributed by atoms with E-state index in [2.05, 4.69) is 4.98 Å². The molecule has 0 spiro atoms. The Balaban J connectivity index is 1.79. The van der Waals surface area contributed by atoms with Crippen molar-refractivity contribution in [3.63, 3.8) is 0 Å². The molecule has 6 heteroatoms. The van der Waals surface area contributed by atoms with Gasteiger partial charge >= 0.3 is 0 Å². The highest BCUT2D eigenvalue weighted by Crippen LogP contribution is 2.40. The van der Waals surface area contributed by atoms with Crippen LogP contribution < -0.4 is 4.74 Å². The SMILES string of the molecule is Cc1ccc([C@H]2/C(=C(\O)c3ccc(OC(C)C)cc3)C(=O)C(=O)N2Cc2cccnc2)cc1. The lowest BCUT2D eigenvalue weighted by molar-refractivity contribution is -0.140. The number of aryl methyl sites for hydroxylation is 1. The van der Waals surface area contributed by atoms with Crippen molar-refractivity contribution < 1.29 is 19.4 Å². The molecule has 1 atom stereocenters. The highest BCUT2D eigenvalue weighted by Gasteiger charge is 2.46. The van der Waals surface area contributed by atoms with Crippen LogP contribution in [0.3, 0.4) is 0 Å². The van der Waals surface area contributed by atoms with Gasteiger partial charge in [0.15, 0.2) is 0 Å². The molecule has 1 saturated heterocycles. The molecule has 1 aliphatic rings. The Morgan fingerprint density at radius 3 is 2.36 bits per heavy atom. The summed E-state index contributed by atoms with van der Waals surface area (Å²) in [5.74, 6) is -0.896. The van der Waals surface area contributed by atoms with E-state index < -0.39 is 17.7 Å². The van der Waals surface area contributed by atoms with E-state index in [1.54, 1.807) is 42.7 Å². The number of ether oxygens (including phenoxy) is 1. The van der Waals surface area contributed by atoms with Gasteiger partial charge in [0.2, 0.25) is 0 Å². The summed E-state index contributed by atoms with van der Waals surface area (Å²) in [6.45, 7) is 6.03. The van der Waals surface area contributed by atoms with Crippen LogP contribution >= 0.6 is 0 Å². The number of likely N-dealkylation sites (tertiary alicyclic amines) is 1. The second-order valence-corrected chi connectivity index (χ2v) is 8.39. The van der Waals surface area contributed by atoms with E-state index in [-0.39, 0.29) is 24.0 Å². The number of amides is 1. The third-order valence-electron chi connectivity index (χ3n) is 5.51. The first-order valence-corrected chi connectivity index (χ1v) is 10.9. The predicted octanol–water partition coefficient (Wildman–Crippen LogP) is 4.80. The van der Waals surface area contributed by atoms with Gasteiger partial charge in [-0.05, 0) is 62.2 Å². The highest BCUT2D eigenvalue weighted by atomic mass is 16.5. The predicted molar refractivity (Wildman–Crippen MR) is 125 cm³/mol. The summed E-state index contributed by atoms with van der Waals surface area (Å²) in [4.78, 5) is 31.8. The zero-order chi connectivity index (χ0) is 23.5. The minimum atomic E-state index is -0.711. The van der Waals surface area contributed by atoms with Gasteiger partial charge in [-0.2, -0.15) is 0 Å². The number of nitrogens with zero attached hydrogens (tertiary/aromatic N) is 2. The van der Waals surface area contributed by atoms with E-state index in [1.807, 2.05) is 51.1 Å². The summed E-state index contributed by atoms with van der Waals surface area (Å²) in [5.41, 5.74) is 3.13. The number of benzene rings is 2. The second kappa shape index (κ2) is 9.28. The summed E-state index contributed by atoms with van der Waals surface area (Å²) in [6, 6.07) is 17.4. The zero-order valence-electron chi connectivity index (χ0n) is 18.9. The molecule has 0 unspecified atom stereocenters. The Morgan fingerprint density at radius 1 is 1.06 bits per heavy atom. The summed E-state index contributed by atoms with van der Waals surface area (Å²) >= 11 is 0. The van der Waals surface area contributed by atoms with E-state index in [0.29, 0.717) is 11.3 Å². The molecule has 6 nitrogen and oxygen atoms in total. The van der Waals surface area contributed by atoms with Gasteiger partial charge in [-0.25, -0.2) is 0 Å². The normalized spacial score (nSPS) is 17.6. The van der Waals surface area contributed by atoms with Crippen LogP contribution in [0.5, 0.6) is 5.75 Å². The minimum absolute atomic E-state index is 0.0174. The number of ketones is 1. The molecule has 2 aromatic carbocycles. The van der Waals surface area contributed by atoms with Gasteiger partial charge in [-0.3, -0.25) is 14.6 Å². The monoisotopic (exact) mass is 442 g/mol. The molecule has 0 saturated carbocycles. The van der Waals surface area contributed by atoms with Gasteiger partial charge in [0.1, 0.15) is 11.5 Å². The molecule has 1 aliphatic heterocycles. The van der Waals surface area contributed by atoms with Crippen molar-refractivity contribution in [2.75, 3.05) is 0 Å². The molecule has 33 heavy (non-hydrogen) atoms. The van der Waals surface area contributed by atoms with Crippen molar-refractivity contribution >= 4 is 17.4 Å². The average molecular weight is 443 g/mol. The third-order valence-corrected chi connectivity index (χ3v) is 5.51. The van der Waals surface area contributed by atoms with Gasteiger partial charge in [0.25, 0.3) is 11.7 Å². The van der Waals surface area contributed by atoms with Gasteiger partial charge in [0.05, 0.1) is 17.7 Å². The first kappa shape index (κ1) is 22.3. The molecule has 168 valence electrons. The van der Waals surface area contributed by atoms with E-state index in [1.165, 1.54) is 4.90 Å². The maximum atomic E-state index is 13.1. The number of aromatic nitrogens is 1. The molecule has 0 bridgehead atoms. The molecule has 4 rings (SSSR count). The number of rotatable bonds is 6. The maximum absolute atomic E-state index is 13.1. The molecular weight excluding hydrogens is 416 g/mol. The Labute approximate surface area is 193 Å². The van der Waals surface area contributed by atoms with E-state index >= 15 is 0 Å². The van der Waals surface area contributed by atoms with Crippen LogP contribution in [0.2, 0.25) is 0 Å². The second-order valence-electron chi connectivity index (χ2n) is 8.39. The number of aliphatic hydroxyl groups is 1. The lowest BCUT2D eigenvalue weighted by Crippen LogP contribution is -2.29. The Hall–Kier alpha value is -3.93. The molecule has 2 heterocycles. The van der Waals surface area contributed by atoms with Crippen molar-refractivity contribution in [3.8, 4) is 5.75 Å². The van der Waals surface area contributed by atoms with Crippen LogP contribution in [-0.4, -0.2) is 32.8 Å². The van der Waals surface area contributed by atoms with Crippen molar-refractivity contribution in [2.24, 2.45) is 0 Å². The molecule has 0 radical (unpaired) electrons. The molecule has 1 aromatic heterocycles. The quantitative estimate of drug-likeness (QED) is 0.337. The largest absolute Gasteiger partial charge is 0.507 e. The zero-order valence-corrected chi connectivity index (χ0v) is 18.9. The molecule has 1 N–H and O–H groups in total. The maximum Gasteiger partial charge on any atom is 0.295 e. The van der Waals surface area contributed by atoms with Gasteiger partial charge < -0.3 is 14.7 Å². The molecule has 1 fully saturated rings. The number of Topliss-reactive ketones (excluding diaryl/α,β-unsaturated/α-hetero) is 1. The third kappa shape index (κ3) is 4.65. The lowest BCUT2D eigenvalue weighted by atomic mass is 9.94. The summed E-state index contributed by atoms with van der Waals surface area (Å²) < 4.78 is 5.66. The van der Waals surface area contributed by atoms with Crippen molar-refractivity contribution in [3.05, 3.63) is 101 Å². The average Bonchev–Trinajstić information content (AvgIpc) is 3.05. The fourth-order valence-corrected chi connectivity index (χ4v) is 3.95. The number of carbonyl (C=O) groups is 2. The Bertz CT molecular complexity index is 1180. The van der Waals surface area contributed by atoms with Gasteiger partial charge in [-0.1, -0.05) is 35.9 Å². The number of carbonyl (C=O) groups excluding carboxylic acids is 2. The molecule has 3 aromatic rings. The summed E-state index contributed by atoms with van der Waals surface area (Å²) in [7, 11) is 0. The number of hydrogen-bond donors (Lipinski definition) is 1. The molecule has 0 aliphatic carbocycles. The van der Waals surface area contributed by atoms with Gasteiger partial charge in [0, 0.05) is 24.5 Å². The summed E-state index contributed by atoms with van der Waals surface area (Å²) in [5, 5.41) is 11.2. The Morgan fingerprint density at radius 2 is 1.76 bits per heavy atom. The fraction of sp³-hybridized carbons (Fsp3) is 0.222. The molecule has 1 amide bonds. The smallest absolute Gasteiger partial charge is 0.295 e. The van der Waals surface area contributed by atoms with Crippen LogP contribution in [0, 0.1) is 6.92 Å². The van der Waals surface area contributed by atoms with Crippen LogP contribution in [-0.2, 0) is 16.1 Å². The Kier molecular flexibility index (Phi) is 6.27. The van der Waals surface area contributed by atoms with Crippen molar-refractivity contribution in [2.45, 2.75) is 39.5 Å². The fourth-order valence-electron chi connectivity index (χ4n) is 3.95. The summed E-state index contributed by atoms with van der Waals surface area (Å²) in [6.07, 6.45) is 3.34. The van der Waals surface area contributed by atoms with Crippen LogP contribution in [0.25, 0.3) is 5.76 Å². The van der Waals surface area contributed by atoms with Crippen molar-refractivity contribution in [1.29, 1.82) is 0 Å². The van der Waals surface area contributed by atoms with E-state index in [0.717, 1.165) is 16.7 Å². The van der Waals surface area contributed by atoms with Gasteiger partial charge in [-0.15, -0.1) is 0 Å². The lowest BCUT2D eigenvalue weighted by Gasteiger charge is -2.25. The van der Waals surface area contributed by atoms with E-state index in [9.17, 15) is 14.7 Å². The van der Waals surface area contributed by atoms with Crippen LogP contribution in [0.1, 0.15) is 42.1 Å².